The van der Waals surface area contributed by atoms with Gasteiger partial charge in [-0.3, -0.25) is 0 Å². The van der Waals surface area contributed by atoms with Crippen molar-refractivity contribution >= 4 is 34.9 Å². The van der Waals surface area contributed by atoms with Crippen LogP contribution in [0.4, 0.5) is 23.7 Å². The van der Waals surface area contributed by atoms with Crippen molar-refractivity contribution in [3.05, 3.63) is 99.3 Å². The predicted molar refractivity (Wildman–Crippen MR) is 143 cm³/mol. The summed E-state index contributed by atoms with van der Waals surface area (Å²) in [5.74, 6) is -2.60. The quantitative estimate of drug-likeness (QED) is 0.348. The molecule has 38 heavy (non-hydrogen) atoms. The van der Waals surface area contributed by atoms with Crippen LogP contribution in [-0.4, -0.2) is 17.5 Å². The van der Waals surface area contributed by atoms with Crippen LogP contribution >= 0.6 is 23.2 Å². The van der Waals surface area contributed by atoms with Crippen molar-refractivity contribution in [1.29, 1.82) is 5.26 Å². The lowest BCUT2D eigenvalue weighted by atomic mass is 9.63. The Morgan fingerprint density at radius 1 is 1.11 bits per heavy atom. The lowest BCUT2D eigenvalue weighted by Crippen LogP contribution is -2.42. The molecule has 0 saturated carbocycles. The molecule has 1 N–H and O–H groups in total. The van der Waals surface area contributed by atoms with Gasteiger partial charge in [0.1, 0.15) is 22.9 Å². The third-order valence-corrected chi connectivity index (χ3v) is 7.38. The summed E-state index contributed by atoms with van der Waals surface area (Å²) in [4.78, 5) is 15.0. The molecule has 0 aromatic heterocycles. The second-order valence-corrected chi connectivity index (χ2v) is 11.5. The van der Waals surface area contributed by atoms with Crippen LogP contribution in [0.2, 0.25) is 10.0 Å². The Hall–Kier alpha value is -3.21. The fraction of sp³-hybridized carbons (Fsp3) is 0.310. The molecule has 1 aliphatic heterocycles. The molecule has 3 atom stereocenters. The minimum Gasteiger partial charge on any atom is -0.315 e. The number of nitrogens with one attached hydrogen (secondary N) is 1. The van der Waals surface area contributed by atoms with Crippen LogP contribution in [0.1, 0.15) is 44.4 Å². The van der Waals surface area contributed by atoms with E-state index in [0.717, 1.165) is 6.07 Å². The topological polar surface area (TPSA) is 56.1 Å². The van der Waals surface area contributed by atoms with Crippen LogP contribution in [0.3, 0.4) is 0 Å². The van der Waals surface area contributed by atoms with E-state index in [4.69, 9.17) is 23.2 Å². The summed E-state index contributed by atoms with van der Waals surface area (Å²) < 4.78 is 44.7. The van der Waals surface area contributed by atoms with E-state index in [9.17, 15) is 14.4 Å². The van der Waals surface area contributed by atoms with Crippen LogP contribution in [-0.2, 0) is 5.41 Å². The van der Waals surface area contributed by atoms with Crippen molar-refractivity contribution in [2.45, 2.75) is 38.6 Å². The van der Waals surface area contributed by atoms with Gasteiger partial charge >= 0.3 is 6.03 Å². The van der Waals surface area contributed by atoms with Crippen LogP contribution in [0, 0.1) is 40.1 Å². The molecular formula is C29H26Cl2F3N3O. The molecule has 0 aliphatic carbocycles. The molecule has 1 saturated heterocycles. The number of halogens is 5. The molecule has 1 aliphatic rings. The van der Waals surface area contributed by atoms with Gasteiger partial charge in [0.15, 0.2) is 0 Å². The normalized spacial score (nSPS) is 21.3. The highest BCUT2D eigenvalue weighted by Gasteiger charge is 2.60. The standard InChI is InChI=1S/C29H26Cl2F3N3O/c1-28(2,3)14-17-15-37(27(38)36-20-10-8-19(32)9-11-20)26(21-5-4-6-23(31)25(21)34)29(17,16-35)22-12-7-18(30)13-24(22)33/h4-13,17,26H,14-15H2,1-3H3,(H,36,38)/t17-,26-,29-/m1/s1. The summed E-state index contributed by atoms with van der Waals surface area (Å²) in [6.45, 7) is 5.95. The highest BCUT2D eigenvalue weighted by atomic mass is 35.5. The number of hydrogen-bond donors (Lipinski definition) is 1. The van der Waals surface area contributed by atoms with Crippen molar-refractivity contribution in [2.75, 3.05) is 11.9 Å². The molecule has 4 rings (SSSR count). The molecule has 1 fully saturated rings. The number of carbonyl (C=O) groups excluding carboxylic acids is 1. The van der Waals surface area contributed by atoms with Crippen LogP contribution in [0.15, 0.2) is 60.7 Å². The molecule has 3 aromatic rings. The molecule has 3 aromatic carbocycles. The van der Waals surface area contributed by atoms with Crippen molar-refractivity contribution in [3.8, 4) is 6.07 Å². The van der Waals surface area contributed by atoms with Gasteiger partial charge in [0.25, 0.3) is 0 Å². The number of rotatable bonds is 4. The average Bonchev–Trinajstić information content (AvgIpc) is 3.15. The second kappa shape index (κ2) is 10.5. The molecule has 1 heterocycles. The Morgan fingerprint density at radius 2 is 1.79 bits per heavy atom. The first-order valence-corrected chi connectivity index (χ1v) is 12.8. The lowest BCUT2D eigenvalue weighted by Gasteiger charge is -2.38. The lowest BCUT2D eigenvalue weighted by molar-refractivity contribution is 0.198. The van der Waals surface area contributed by atoms with E-state index in [1.54, 1.807) is 0 Å². The zero-order chi connectivity index (χ0) is 27.8. The molecule has 2 amide bonds. The largest absolute Gasteiger partial charge is 0.322 e. The van der Waals surface area contributed by atoms with Gasteiger partial charge in [0.2, 0.25) is 0 Å². The van der Waals surface area contributed by atoms with Crippen molar-refractivity contribution in [1.82, 2.24) is 4.90 Å². The third-order valence-electron chi connectivity index (χ3n) is 6.86. The van der Waals surface area contributed by atoms with Crippen molar-refractivity contribution < 1.29 is 18.0 Å². The molecule has 0 unspecified atom stereocenters. The van der Waals surface area contributed by atoms with E-state index in [2.05, 4.69) is 11.4 Å². The minimum atomic E-state index is -1.69. The first-order chi connectivity index (χ1) is 17.9. The van der Waals surface area contributed by atoms with Gasteiger partial charge in [0, 0.05) is 34.3 Å². The van der Waals surface area contributed by atoms with E-state index in [-0.39, 0.29) is 33.1 Å². The maximum atomic E-state index is 15.6. The number of nitrogens with zero attached hydrogens (tertiary/aromatic N) is 2. The Kier molecular flexibility index (Phi) is 7.69. The SMILES string of the molecule is CC(C)(C)C[C@@H]1CN(C(=O)Nc2ccc(F)cc2)[C@H](c2cccc(Cl)c2F)[C@@]1(C#N)c1ccc(Cl)cc1F. The maximum Gasteiger partial charge on any atom is 0.322 e. The summed E-state index contributed by atoms with van der Waals surface area (Å²) in [6, 6.07) is 13.9. The molecule has 0 radical (unpaired) electrons. The smallest absolute Gasteiger partial charge is 0.315 e. The zero-order valence-corrected chi connectivity index (χ0v) is 22.5. The van der Waals surface area contributed by atoms with Gasteiger partial charge in [-0.25, -0.2) is 18.0 Å². The number of anilines is 1. The third kappa shape index (κ3) is 5.21. The van der Waals surface area contributed by atoms with E-state index < -0.39 is 40.9 Å². The number of urea groups is 1. The summed E-state index contributed by atoms with van der Waals surface area (Å²) in [5.41, 5.74) is -1.70. The first-order valence-electron chi connectivity index (χ1n) is 12.0. The zero-order valence-electron chi connectivity index (χ0n) is 21.0. The number of likely N-dealkylation sites (tertiary alicyclic amines) is 1. The fourth-order valence-corrected chi connectivity index (χ4v) is 5.74. The average molecular weight is 560 g/mol. The van der Waals surface area contributed by atoms with Gasteiger partial charge in [-0.15, -0.1) is 0 Å². The first kappa shape index (κ1) is 27.8. The Bertz CT molecular complexity index is 1400. The van der Waals surface area contributed by atoms with E-state index in [1.807, 2.05) is 20.8 Å². The number of amides is 2. The highest BCUT2D eigenvalue weighted by molar-refractivity contribution is 6.31. The molecular weight excluding hydrogens is 534 g/mol. The molecule has 0 spiro atoms. The van der Waals surface area contributed by atoms with E-state index in [1.165, 1.54) is 59.5 Å². The van der Waals surface area contributed by atoms with Gasteiger partial charge in [-0.2, -0.15) is 5.26 Å². The summed E-state index contributed by atoms with van der Waals surface area (Å²) in [7, 11) is 0. The minimum absolute atomic E-state index is 0.0140. The summed E-state index contributed by atoms with van der Waals surface area (Å²) in [6.07, 6.45) is 0.418. The maximum absolute atomic E-state index is 15.6. The Labute approximate surface area is 230 Å². The van der Waals surface area contributed by atoms with Gasteiger partial charge in [0.05, 0.1) is 17.1 Å². The summed E-state index contributed by atoms with van der Waals surface area (Å²) in [5, 5.41) is 13.5. The predicted octanol–water partition coefficient (Wildman–Crippen LogP) is 8.51. The molecule has 0 bridgehead atoms. The van der Waals surface area contributed by atoms with Crippen LogP contribution in [0.25, 0.3) is 0 Å². The highest BCUT2D eigenvalue weighted by Crippen LogP contribution is 2.56. The molecule has 198 valence electrons. The van der Waals surface area contributed by atoms with Gasteiger partial charge in [-0.1, -0.05) is 62.2 Å². The second-order valence-electron chi connectivity index (χ2n) is 10.7. The monoisotopic (exact) mass is 559 g/mol. The number of benzene rings is 3. The number of hydrogen-bond acceptors (Lipinski definition) is 2. The van der Waals surface area contributed by atoms with Crippen molar-refractivity contribution in [2.24, 2.45) is 11.3 Å². The molecule has 9 heteroatoms. The van der Waals surface area contributed by atoms with E-state index >= 15 is 8.78 Å². The van der Waals surface area contributed by atoms with Crippen LogP contribution < -0.4 is 5.32 Å². The van der Waals surface area contributed by atoms with E-state index in [0.29, 0.717) is 12.1 Å². The summed E-state index contributed by atoms with van der Waals surface area (Å²) >= 11 is 12.2. The van der Waals surface area contributed by atoms with Gasteiger partial charge in [-0.05, 0) is 54.3 Å². The van der Waals surface area contributed by atoms with Crippen molar-refractivity contribution in [3.63, 3.8) is 0 Å². The number of carbonyl (C=O) groups is 1. The fourth-order valence-electron chi connectivity index (χ4n) is 5.40. The Balaban J connectivity index is 1.96. The van der Waals surface area contributed by atoms with Gasteiger partial charge < -0.3 is 10.2 Å². The van der Waals surface area contributed by atoms with Crippen LogP contribution in [0.5, 0.6) is 0 Å². The number of nitriles is 1. The molecule has 4 nitrogen and oxygen atoms in total. The Morgan fingerprint density at radius 3 is 2.39 bits per heavy atom.